The maximum atomic E-state index is 11.2. The van der Waals surface area contributed by atoms with Gasteiger partial charge in [-0.2, -0.15) is 0 Å². The monoisotopic (exact) mass is 222 g/mol. The first-order valence-electron chi connectivity index (χ1n) is 4.34. The second-order valence-electron chi connectivity index (χ2n) is 3.10. The van der Waals surface area contributed by atoms with Crippen molar-refractivity contribution < 1.29 is 8.42 Å². The average molecular weight is 222 g/mol. The number of hydrogen-bond acceptors (Lipinski definition) is 2. The molecule has 2 aromatic rings. The molecule has 1 aromatic carbocycles. The Morgan fingerprint density at radius 3 is 2.27 bits per heavy atom. The van der Waals surface area contributed by atoms with E-state index in [-0.39, 0.29) is 5.03 Å². The molecule has 0 aliphatic carbocycles. The molecule has 0 radical (unpaired) electrons. The van der Waals surface area contributed by atoms with Crippen molar-refractivity contribution in [2.24, 2.45) is 5.14 Å². The number of hydrogen-bond donors (Lipinski definition) is 1. The lowest BCUT2D eigenvalue weighted by Crippen LogP contribution is -2.16. The van der Waals surface area contributed by atoms with E-state index in [9.17, 15) is 8.42 Å². The summed E-state index contributed by atoms with van der Waals surface area (Å²) in [5.74, 6) is 0. The highest BCUT2D eigenvalue weighted by atomic mass is 32.2. The van der Waals surface area contributed by atoms with Gasteiger partial charge in [0.2, 0.25) is 0 Å². The number of sulfonamides is 1. The van der Waals surface area contributed by atoms with Crippen LogP contribution in [0.25, 0.3) is 5.69 Å². The molecule has 1 aromatic heterocycles. The highest BCUT2D eigenvalue weighted by Crippen LogP contribution is 2.15. The number of rotatable bonds is 2. The average Bonchev–Trinajstić information content (AvgIpc) is 2.67. The van der Waals surface area contributed by atoms with Crippen molar-refractivity contribution in [3.63, 3.8) is 0 Å². The second-order valence-corrected chi connectivity index (χ2v) is 4.61. The Morgan fingerprint density at radius 2 is 1.67 bits per heavy atom. The molecule has 0 bridgehead atoms. The number of benzene rings is 1. The molecule has 0 spiro atoms. The van der Waals surface area contributed by atoms with Crippen LogP contribution >= 0.6 is 0 Å². The Labute approximate surface area is 88.0 Å². The Balaban J connectivity index is 2.61. The Bertz CT molecular complexity index is 558. The molecule has 0 aliphatic heterocycles. The molecule has 0 atom stereocenters. The number of nitrogens with two attached hydrogens (primary N) is 1. The molecule has 1 heterocycles. The summed E-state index contributed by atoms with van der Waals surface area (Å²) in [5, 5.41) is 5.18. The van der Waals surface area contributed by atoms with Crippen molar-refractivity contribution in [3.05, 3.63) is 48.7 Å². The molecule has 0 saturated carbocycles. The molecule has 2 N–H and O–H groups in total. The number of aromatic nitrogens is 1. The van der Waals surface area contributed by atoms with Gasteiger partial charge < -0.3 is 4.57 Å². The quantitative estimate of drug-likeness (QED) is 0.827. The van der Waals surface area contributed by atoms with E-state index in [0.29, 0.717) is 0 Å². The van der Waals surface area contributed by atoms with Gasteiger partial charge in [-0.1, -0.05) is 18.2 Å². The Morgan fingerprint density at radius 1 is 1.00 bits per heavy atom. The molecule has 0 unspecified atom stereocenters. The number of para-hydroxylation sites is 1. The molecule has 4 nitrogen and oxygen atoms in total. The van der Waals surface area contributed by atoms with Crippen LogP contribution in [0.4, 0.5) is 0 Å². The predicted molar refractivity (Wildman–Crippen MR) is 57.1 cm³/mol. The molecule has 0 fully saturated rings. The van der Waals surface area contributed by atoms with Gasteiger partial charge in [-0.3, -0.25) is 0 Å². The summed E-state index contributed by atoms with van der Waals surface area (Å²) >= 11 is 0. The molecular weight excluding hydrogens is 212 g/mol. The van der Waals surface area contributed by atoms with Crippen LogP contribution in [0.15, 0.2) is 53.7 Å². The molecule has 0 aliphatic rings. The fourth-order valence-corrected chi connectivity index (χ4v) is 2.11. The van der Waals surface area contributed by atoms with Gasteiger partial charge in [0.25, 0.3) is 10.0 Å². The van der Waals surface area contributed by atoms with E-state index in [2.05, 4.69) is 0 Å². The zero-order valence-electron chi connectivity index (χ0n) is 7.87. The van der Waals surface area contributed by atoms with Gasteiger partial charge >= 0.3 is 0 Å². The van der Waals surface area contributed by atoms with E-state index in [1.54, 1.807) is 12.3 Å². The van der Waals surface area contributed by atoms with Crippen molar-refractivity contribution in [2.75, 3.05) is 0 Å². The zero-order chi connectivity index (χ0) is 10.9. The van der Waals surface area contributed by atoms with Crippen molar-refractivity contribution in [1.29, 1.82) is 0 Å². The molecule has 0 saturated heterocycles. The lowest BCUT2D eigenvalue weighted by atomic mass is 10.3. The van der Waals surface area contributed by atoms with Gasteiger partial charge in [-0.05, 0) is 24.3 Å². The third-order valence-corrected chi connectivity index (χ3v) is 2.95. The highest BCUT2D eigenvalue weighted by molar-refractivity contribution is 7.89. The maximum Gasteiger partial charge on any atom is 0.254 e. The molecule has 78 valence electrons. The van der Waals surface area contributed by atoms with Gasteiger partial charge in [-0.25, -0.2) is 13.6 Å². The Hall–Kier alpha value is -1.59. The molecule has 5 heteroatoms. The summed E-state index contributed by atoms with van der Waals surface area (Å²) in [6, 6.07) is 12.3. The molecule has 15 heavy (non-hydrogen) atoms. The number of primary sulfonamides is 1. The van der Waals surface area contributed by atoms with Crippen LogP contribution in [0.5, 0.6) is 0 Å². The van der Waals surface area contributed by atoms with Crippen LogP contribution in [0.3, 0.4) is 0 Å². The molecule has 2 rings (SSSR count). The van der Waals surface area contributed by atoms with E-state index in [1.165, 1.54) is 10.6 Å². The zero-order valence-corrected chi connectivity index (χ0v) is 8.68. The minimum absolute atomic E-state index is 0.0914. The first kappa shape index (κ1) is 9.95. The predicted octanol–water partition coefficient (Wildman–Crippen LogP) is 1.12. The van der Waals surface area contributed by atoms with Gasteiger partial charge in [-0.15, -0.1) is 0 Å². The van der Waals surface area contributed by atoms with Gasteiger partial charge in [0.05, 0.1) is 0 Å². The van der Waals surface area contributed by atoms with Crippen LogP contribution < -0.4 is 5.14 Å². The van der Waals surface area contributed by atoms with E-state index in [0.717, 1.165) is 5.69 Å². The second kappa shape index (κ2) is 3.52. The maximum absolute atomic E-state index is 11.2. The van der Waals surface area contributed by atoms with Crippen LogP contribution in [-0.4, -0.2) is 13.0 Å². The smallest absolute Gasteiger partial charge is 0.254 e. The van der Waals surface area contributed by atoms with Gasteiger partial charge in [0.1, 0.15) is 0 Å². The van der Waals surface area contributed by atoms with Gasteiger partial charge in [0.15, 0.2) is 5.03 Å². The van der Waals surface area contributed by atoms with Crippen molar-refractivity contribution in [3.8, 4) is 5.69 Å². The summed E-state index contributed by atoms with van der Waals surface area (Å²) in [6.45, 7) is 0. The molecular formula is C10H10N2O2S. The standard InChI is InChI=1S/C10H10N2O2S/c11-15(13,14)10-7-4-8-12(10)9-5-2-1-3-6-9/h1-8H,(H2,11,13,14). The summed E-state index contributed by atoms with van der Waals surface area (Å²) < 4.78 is 24.0. The summed E-state index contributed by atoms with van der Waals surface area (Å²) in [5.41, 5.74) is 0.770. The lowest BCUT2D eigenvalue weighted by Gasteiger charge is -2.06. The topological polar surface area (TPSA) is 65.1 Å². The van der Waals surface area contributed by atoms with E-state index in [1.807, 2.05) is 30.3 Å². The minimum atomic E-state index is -3.68. The lowest BCUT2D eigenvalue weighted by molar-refractivity contribution is 0.591. The highest BCUT2D eigenvalue weighted by Gasteiger charge is 2.13. The van der Waals surface area contributed by atoms with Crippen molar-refractivity contribution in [2.45, 2.75) is 5.03 Å². The van der Waals surface area contributed by atoms with Crippen LogP contribution in [0.2, 0.25) is 0 Å². The summed E-state index contributed by atoms with van der Waals surface area (Å²) in [7, 11) is -3.68. The number of nitrogens with zero attached hydrogens (tertiary/aromatic N) is 1. The third kappa shape index (κ3) is 1.93. The minimum Gasteiger partial charge on any atom is -0.306 e. The third-order valence-electron chi connectivity index (χ3n) is 2.04. The van der Waals surface area contributed by atoms with E-state index in [4.69, 9.17) is 5.14 Å². The molecule has 0 amide bonds. The first-order valence-corrected chi connectivity index (χ1v) is 5.89. The van der Waals surface area contributed by atoms with Gasteiger partial charge in [0, 0.05) is 11.9 Å². The summed E-state index contributed by atoms with van der Waals surface area (Å²) in [6.07, 6.45) is 1.66. The summed E-state index contributed by atoms with van der Waals surface area (Å²) in [4.78, 5) is 0. The van der Waals surface area contributed by atoms with Crippen molar-refractivity contribution in [1.82, 2.24) is 4.57 Å². The van der Waals surface area contributed by atoms with Crippen LogP contribution in [0.1, 0.15) is 0 Å². The SMILES string of the molecule is NS(=O)(=O)c1cccn1-c1ccccc1. The Kier molecular flexibility index (Phi) is 2.34. The van der Waals surface area contributed by atoms with Crippen LogP contribution in [-0.2, 0) is 10.0 Å². The fourth-order valence-electron chi connectivity index (χ4n) is 1.40. The largest absolute Gasteiger partial charge is 0.306 e. The normalized spacial score (nSPS) is 11.5. The van der Waals surface area contributed by atoms with E-state index < -0.39 is 10.0 Å². The van der Waals surface area contributed by atoms with Crippen molar-refractivity contribution >= 4 is 10.0 Å². The van der Waals surface area contributed by atoms with E-state index >= 15 is 0 Å². The first-order chi connectivity index (χ1) is 7.09. The fraction of sp³-hybridized carbons (Fsp3) is 0. The van der Waals surface area contributed by atoms with Crippen LogP contribution in [0, 0.1) is 0 Å².